The van der Waals surface area contributed by atoms with Crippen molar-refractivity contribution in [1.29, 1.82) is 5.26 Å². The molecule has 1 fully saturated rings. The van der Waals surface area contributed by atoms with Crippen LogP contribution in [0.1, 0.15) is 22.7 Å². The maximum absolute atomic E-state index is 13.0. The van der Waals surface area contributed by atoms with Gasteiger partial charge in [0.05, 0.1) is 17.2 Å². The lowest BCUT2D eigenvalue weighted by molar-refractivity contribution is 0.209. The lowest BCUT2D eigenvalue weighted by Gasteiger charge is -2.41. The fourth-order valence-electron chi connectivity index (χ4n) is 4.92. The second kappa shape index (κ2) is 9.41. The van der Waals surface area contributed by atoms with Gasteiger partial charge in [-0.1, -0.05) is 60.1 Å². The molecule has 5 rings (SSSR count). The summed E-state index contributed by atoms with van der Waals surface area (Å²) in [6.45, 7) is 2.50. The minimum absolute atomic E-state index is 0.0727. The fourth-order valence-corrected chi connectivity index (χ4v) is 5.07. The van der Waals surface area contributed by atoms with Crippen molar-refractivity contribution in [3.8, 4) is 11.8 Å². The molecule has 1 N–H and O–H groups in total. The molecule has 7 nitrogen and oxygen atoms in total. The van der Waals surface area contributed by atoms with Crippen LogP contribution in [0.3, 0.4) is 0 Å². The van der Waals surface area contributed by atoms with Gasteiger partial charge in [-0.2, -0.15) is 5.26 Å². The molecule has 1 unspecified atom stereocenters. The molecule has 1 aliphatic rings. The quantitative estimate of drug-likeness (QED) is 0.438. The van der Waals surface area contributed by atoms with E-state index >= 15 is 0 Å². The van der Waals surface area contributed by atoms with E-state index in [4.69, 9.17) is 11.6 Å². The van der Waals surface area contributed by atoms with Crippen LogP contribution in [-0.2, 0) is 7.05 Å². The number of pyridine rings is 2. The van der Waals surface area contributed by atoms with E-state index in [1.54, 1.807) is 25.2 Å². The smallest absolute Gasteiger partial charge is 0.270 e. The highest BCUT2D eigenvalue weighted by molar-refractivity contribution is 6.29. The van der Waals surface area contributed by atoms with E-state index in [2.05, 4.69) is 33.0 Å². The van der Waals surface area contributed by atoms with Crippen molar-refractivity contribution in [2.45, 2.75) is 6.04 Å². The van der Waals surface area contributed by atoms with E-state index in [1.807, 2.05) is 36.4 Å². The Morgan fingerprint density at radius 2 is 1.69 bits per heavy atom. The number of halogens is 1. The molecule has 0 spiro atoms. The number of phenols is 1. The Balaban J connectivity index is 1.53. The topological polar surface area (TPSA) is 85.4 Å². The molecule has 0 aliphatic carbocycles. The zero-order valence-corrected chi connectivity index (χ0v) is 20.0. The molecule has 1 saturated heterocycles. The van der Waals surface area contributed by atoms with Crippen molar-refractivity contribution in [3.63, 3.8) is 0 Å². The van der Waals surface area contributed by atoms with Crippen LogP contribution in [0.2, 0.25) is 5.15 Å². The van der Waals surface area contributed by atoms with Gasteiger partial charge in [0, 0.05) is 38.8 Å². The van der Waals surface area contributed by atoms with E-state index in [-0.39, 0.29) is 22.9 Å². The number of benzene rings is 2. The number of anilines is 1. The summed E-state index contributed by atoms with van der Waals surface area (Å²) in [6.07, 6.45) is 0. The summed E-state index contributed by atoms with van der Waals surface area (Å²) in [4.78, 5) is 21.8. The highest BCUT2D eigenvalue weighted by Gasteiger charge is 2.30. The Morgan fingerprint density at radius 3 is 2.37 bits per heavy atom. The molecule has 2 aromatic carbocycles. The molecule has 0 amide bonds. The molecule has 4 aromatic rings. The van der Waals surface area contributed by atoms with Crippen LogP contribution in [0.15, 0.2) is 71.5 Å². The van der Waals surface area contributed by atoms with Gasteiger partial charge >= 0.3 is 0 Å². The summed E-state index contributed by atoms with van der Waals surface area (Å²) in [6, 6.07) is 22.9. The first kappa shape index (κ1) is 22.9. The van der Waals surface area contributed by atoms with Crippen LogP contribution >= 0.6 is 11.6 Å². The first-order valence-corrected chi connectivity index (χ1v) is 11.8. The summed E-state index contributed by atoms with van der Waals surface area (Å²) in [5.74, 6) is 0.256. The number of hydrogen-bond donors (Lipinski definition) is 1. The van der Waals surface area contributed by atoms with Gasteiger partial charge in [0.1, 0.15) is 28.1 Å². The highest BCUT2D eigenvalue weighted by atomic mass is 35.5. The Kier molecular flexibility index (Phi) is 6.16. The number of aromatic nitrogens is 2. The maximum atomic E-state index is 13.0. The zero-order valence-electron chi connectivity index (χ0n) is 19.2. The molecule has 1 atom stereocenters. The van der Waals surface area contributed by atoms with Gasteiger partial charge < -0.3 is 14.6 Å². The number of piperazine rings is 1. The van der Waals surface area contributed by atoms with Crippen LogP contribution in [0.4, 0.5) is 5.69 Å². The Hall–Kier alpha value is -3.86. The first-order valence-electron chi connectivity index (χ1n) is 11.4. The predicted molar refractivity (Wildman–Crippen MR) is 137 cm³/mol. The monoisotopic (exact) mass is 485 g/mol. The van der Waals surface area contributed by atoms with Crippen LogP contribution in [-0.4, -0.2) is 45.7 Å². The van der Waals surface area contributed by atoms with E-state index in [1.165, 1.54) is 4.57 Å². The summed E-state index contributed by atoms with van der Waals surface area (Å²) in [5, 5.41) is 20.8. The molecule has 0 radical (unpaired) electrons. The molecule has 35 heavy (non-hydrogen) atoms. The molecule has 0 bridgehead atoms. The average Bonchev–Trinajstić information content (AvgIpc) is 2.88. The summed E-state index contributed by atoms with van der Waals surface area (Å²) >= 11 is 6.20. The lowest BCUT2D eigenvalue weighted by Crippen LogP contribution is -2.48. The molecule has 2 aromatic heterocycles. The molecule has 8 heteroatoms. The minimum Gasteiger partial charge on any atom is -0.508 e. The number of nitriles is 1. The third-order valence-corrected chi connectivity index (χ3v) is 6.85. The molecule has 0 saturated carbocycles. The minimum atomic E-state index is -0.349. The average molecular weight is 486 g/mol. The number of hydrogen-bond acceptors (Lipinski definition) is 6. The maximum Gasteiger partial charge on any atom is 0.270 e. The van der Waals surface area contributed by atoms with E-state index < -0.39 is 0 Å². The van der Waals surface area contributed by atoms with Gasteiger partial charge in [-0.15, -0.1) is 0 Å². The number of para-hydroxylation sites is 1. The number of fused-ring (bicyclic) bond motifs is 1. The zero-order chi connectivity index (χ0) is 24.5. The second-order valence-electron chi connectivity index (χ2n) is 8.60. The van der Waals surface area contributed by atoms with Crippen molar-refractivity contribution in [2.24, 2.45) is 7.05 Å². The largest absolute Gasteiger partial charge is 0.508 e. The number of phenolic OH excluding ortho intramolecular Hbond substituents is 1. The number of rotatable bonds is 4. The Labute approximate surface area is 208 Å². The SMILES string of the molecule is Cn1c(=O)c(C#N)c(N2CCN(C(c3ccccc3)c3ccccc3O)CC2)c2nc(Cl)ccc21. The summed E-state index contributed by atoms with van der Waals surface area (Å²) < 4.78 is 1.45. The molecular weight excluding hydrogens is 462 g/mol. The standard InChI is InChI=1S/C27H24ClN5O2/c1-31-21-11-12-23(28)30-24(21)26(20(17-29)27(31)35)33-15-13-32(14-16-33)25(18-7-3-2-4-8-18)19-9-5-6-10-22(19)34/h2-12,25,34H,13-16H2,1H3. The van der Waals surface area contributed by atoms with Crippen LogP contribution in [0.25, 0.3) is 11.0 Å². The Morgan fingerprint density at radius 1 is 1.00 bits per heavy atom. The van der Waals surface area contributed by atoms with Gasteiger partial charge in [-0.3, -0.25) is 9.69 Å². The second-order valence-corrected chi connectivity index (χ2v) is 8.98. The molecule has 1 aliphatic heterocycles. The van der Waals surface area contributed by atoms with E-state index in [9.17, 15) is 15.2 Å². The number of nitrogens with zero attached hydrogens (tertiary/aromatic N) is 5. The fraction of sp³-hybridized carbons (Fsp3) is 0.222. The van der Waals surface area contributed by atoms with Gasteiger partial charge in [0.2, 0.25) is 0 Å². The Bertz CT molecular complexity index is 1490. The number of aromatic hydroxyl groups is 1. The lowest BCUT2D eigenvalue weighted by atomic mass is 9.95. The predicted octanol–water partition coefficient (Wildman–Crippen LogP) is 4.08. The van der Waals surface area contributed by atoms with Crippen LogP contribution < -0.4 is 10.5 Å². The van der Waals surface area contributed by atoms with Gasteiger partial charge in [0.15, 0.2) is 0 Å². The number of aryl methyl sites for hydroxylation is 1. The third kappa shape index (κ3) is 4.12. The summed E-state index contributed by atoms with van der Waals surface area (Å²) in [7, 11) is 1.64. The first-order chi connectivity index (χ1) is 17.0. The summed E-state index contributed by atoms with van der Waals surface area (Å²) in [5.41, 5.74) is 3.37. The normalized spacial score (nSPS) is 15.2. The van der Waals surface area contributed by atoms with E-state index in [0.717, 1.165) is 11.1 Å². The van der Waals surface area contributed by atoms with Gasteiger partial charge in [-0.05, 0) is 23.8 Å². The molecule has 176 valence electrons. The third-order valence-electron chi connectivity index (χ3n) is 6.64. The van der Waals surface area contributed by atoms with Crippen LogP contribution in [0, 0.1) is 11.3 Å². The van der Waals surface area contributed by atoms with Crippen molar-refractivity contribution in [3.05, 3.63) is 98.9 Å². The van der Waals surface area contributed by atoms with E-state index in [0.29, 0.717) is 48.1 Å². The van der Waals surface area contributed by atoms with Crippen molar-refractivity contribution in [1.82, 2.24) is 14.5 Å². The van der Waals surface area contributed by atoms with Gasteiger partial charge in [-0.25, -0.2) is 4.98 Å². The molecular formula is C27H24ClN5O2. The highest BCUT2D eigenvalue weighted by Crippen LogP contribution is 2.36. The van der Waals surface area contributed by atoms with Crippen LogP contribution in [0.5, 0.6) is 5.75 Å². The van der Waals surface area contributed by atoms with Crippen molar-refractivity contribution >= 4 is 28.3 Å². The molecule has 3 heterocycles. The van der Waals surface area contributed by atoms with Crippen molar-refractivity contribution in [2.75, 3.05) is 31.1 Å². The van der Waals surface area contributed by atoms with Gasteiger partial charge in [0.25, 0.3) is 5.56 Å². The van der Waals surface area contributed by atoms with Crippen molar-refractivity contribution < 1.29 is 5.11 Å².